The summed E-state index contributed by atoms with van der Waals surface area (Å²) in [5.74, 6) is 0.406. The van der Waals surface area contributed by atoms with Crippen molar-refractivity contribution in [3.63, 3.8) is 0 Å². The zero-order chi connectivity index (χ0) is 13.0. The summed E-state index contributed by atoms with van der Waals surface area (Å²) in [6.07, 6.45) is 4.76. The van der Waals surface area contributed by atoms with E-state index in [1.807, 2.05) is 0 Å². The highest BCUT2D eigenvalue weighted by atomic mass is 16.2. The zero-order valence-electron chi connectivity index (χ0n) is 11.7. The average molecular weight is 253 g/mol. The highest BCUT2D eigenvalue weighted by molar-refractivity contribution is 5.79. The smallest absolute Gasteiger partial charge is 0.224 e. The summed E-state index contributed by atoms with van der Waals surface area (Å²) in [5, 5.41) is 6.56. The molecule has 0 radical (unpaired) electrons. The molecule has 0 spiro atoms. The number of hydrogen-bond acceptors (Lipinski definition) is 3. The number of hydrogen-bond donors (Lipinski definition) is 2. The van der Waals surface area contributed by atoms with Crippen molar-refractivity contribution < 1.29 is 4.79 Å². The van der Waals surface area contributed by atoms with Crippen molar-refractivity contribution in [2.24, 2.45) is 5.92 Å². The monoisotopic (exact) mass is 253 g/mol. The molecule has 2 heterocycles. The van der Waals surface area contributed by atoms with Crippen molar-refractivity contribution in [2.75, 3.05) is 26.2 Å². The minimum absolute atomic E-state index is 0.169. The summed E-state index contributed by atoms with van der Waals surface area (Å²) >= 11 is 0. The largest absolute Gasteiger partial charge is 0.352 e. The Bertz CT molecular complexity index is 268. The molecule has 0 saturated carbocycles. The van der Waals surface area contributed by atoms with E-state index in [-0.39, 0.29) is 17.9 Å². The van der Waals surface area contributed by atoms with Gasteiger partial charge in [0.05, 0.1) is 5.92 Å². The summed E-state index contributed by atoms with van der Waals surface area (Å²) in [6.45, 7) is 8.54. The van der Waals surface area contributed by atoms with Gasteiger partial charge in [0.15, 0.2) is 0 Å². The maximum atomic E-state index is 12.1. The van der Waals surface area contributed by atoms with Crippen LogP contribution in [0.1, 0.15) is 39.5 Å². The first-order valence-corrected chi connectivity index (χ1v) is 7.41. The molecule has 4 nitrogen and oxygen atoms in total. The number of nitrogens with zero attached hydrogens (tertiary/aromatic N) is 1. The Balaban J connectivity index is 1.69. The minimum Gasteiger partial charge on any atom is -0.352 e. The molecule has 4 heteroatoms. The van der Waals surface area contributed by atoms with Crippen molar-refractivity contribution in [1.82, 2.24) is 15.5 Å². The lowest BCUT2D eigenvalue weighted by Crippen LogP contribution is -2.48. The van der Waals surface area contributed by atoms with Crippen LogP contribution >= 0.6 is 0 Å². The molecule has 0 aromatic carbocycles. The Labute approximate surface area is 110 Å². The van der Waals surface area contributed by atoms with E-state index < -0.39 is 0 Å². The molecule has 2 N–H and O–H groups in total. The van der Waals surface area contributed by atoms with Gasteiger partial charge in [-0.2, -0.15) is 0 Å². The number of rotatable bonds is 4. The summed E-state index contributed by atoms with van der Waals surface area (Å²) in [6, 6.07) is 0.839. The number of carbonyl (C=O) groups excluding carboxylic acids is 1. The molecule has 18 heavy (non-hydrogen) atoms. The molecule has 2 aliphatic heterocycles. The van der Waals surface area contributed by atoms with Crippen LogP contribution in [0.5, 0.6) is 0 Å². The van der Waals surface area contributed by atoms with E-state index in [4.69, 9.17) is 0 Å². The van der Waals surface area contributed by atoms with Gasteiger partial charge in [0.25, 0.3) is 0 Å². The van der Waals surface area contributed by atoms with Crippen molar-refractivity contribution >= 4 is 5.91 Å². The molecule has 104 valence electrons. The van der Waals surface area contributed by atoms with Crippen LogP contribution in [0.25, 0.3) is 0 Å². The van der Waals surface area contributed by atoms with Gasteiger partial charge in [-0.15, -0.1) is 0 Å². The molecule has 0 aromatic rings. The normalized spacial score (nSPS) is 31.2. The minimum atomic E-state index is 0.169. The summed E-state index contributed by atoms with van der Waals surface area (Å²) in [4.78, 5) is 14.6. The summed E-state index contributed by atoms with van der Waals surface area (Å²) < 4.78 is 0. The Morgan fingerprint density at radius 2 is 2.11 bits per heavy atom. The molecule has 2 aliphatic rings. The quantitative estimate of drug-likeness (QED) is 0.785. The van der Waals surface area contributed by atoms with E-state index in [1.54, 1.807) is 0 Å². The van der Waals surface area contributed by atoms with Crippen LogP contribution in [0.2, 0.25) is 0 Å². The van der Waals surface area contributed by atoms with Gasteiger partial charge in [-0.3, -0.25) is 4.79 Å². The number of likely N-dealkylation sites (tertiary alicyclic amines) is 1. The van der Waals surface area contributed by atoms with Crippen LogP contribution in [-0.4, -0.2) is 49.1 Å². The van der Waals surface area contributed by atoms with Crippen molar-refractivity contribution in [1.29, 1.82) is 0 Å². The maximum absolute atomic E-state index is 12.1. The predicted octanol–water partition coefficient (Wildman–Crippen LogP) is 0.975. The fourth-order valence-corrected chi connectivity index (χ4v) is 2.98. The van der Waals surface area contributed by atoms with E-state index in [9.17, 15) is 4.79 Å². The molecule has 3 unspecified atom stereocenters. The van der Waals surface area contributed by atoms with Gasteiger partial charge in [-0.1, -0.05) is 0 Å². The standard InChI is InChI=1S/C14H27N3O/c1-11-5-6-13(9-15-11)14(18)16-12(2)10-17-7-3-4-8-17/h11-13,15H,3-10H2,1-2H3,(H,16,18). The second-order valence-corrected chi connectivity index (χ2v) is 6.00. The first-order chi connectivity index (χ1) is 8.65. The Hall–Kier alpha value is -0.610. The Morgan fingerprint density at radius 3 is 2.72 bits per heavy atom. The molecule has 3 atom stereocenters. The van der Waals surface area contributed by atoms with Gasteiger partial charge in [-0.25, -0.2) is 0 Å². The van der Waals surface area contributed by atoms with Crippen LogP contribution in [0.4, 0.5) is 0 Å². The molecular weight excluding hydrogens is 226 g/mol. The van der Waals surface area contributed by atoms with Gasteiger partial charge < -0.3 is 15.5 Å². The lowest BCUT2D eigenvalue weighted by atomic mass is 9.94. The van der Waals surface area contributed by atoms with Crippen molar-refractivity contribution in [3.05, 3.63) is 0 Å². The average Bonchev–Trinajstić information content (AvgIpc) is 2.82. The summed E-state index contributed by atoms with van der Waals surface area (Å²) in [5.41, 5.74) is 0. The number of amides is 1. The van der Waals surface area contributed by atoms with Crippen molar-refractivity contribution in [2.45, 2.75) is 51.6 Å². The van der Waals surface area contributed by atoms with E-state index >= 15 is 0 Å². The fraction of sp³-hybridized carbons (Fsp3) is 0.929. The van der Waals surface area contributed by atoms with Crippen LogP contribution < -0.4 is 10.6 Å². The topological polar surface area (TPSA) is 44.4 Å². The van der Waals surface area contributed by atoms with Crippen LogP contribution in [0, 0.1) is 5.92 Å². The van der Waals surface area contributed by atoms with E-state index in [0.29, 0.717) is 6.04 Å². The molecular formula is C14H27N3O. The van der Waals surface area contributed by atoms with Crippen molar-refractivity contribution in [3.8, 4) is 0 Å². The van der Waals surface area contributed by atoms with E-state index in [1.165, 1.54) is 25.9 Å². The Kier molecular flexibility index (Phi) is 5.01. The lowest BCUT2D eigenvalue weighted by molar-refractivity contribution is -0.126. The number of carbonyl (C=O) groups is 1. The lowest BCUT2D eigenvalue weighted by Gasteiger charge is -2.28. The molecule has 2 fully saturated rings. The predicted molar refractivity (Wildman–Crippen MR) is 73.5 cm³/mol. The number of nitrogens with one attached hydrogen (secondary N) is 2. The molecule has 0 bridgehead atoms. The zero-order valence-corrected chi connectivity index (χ0v) is 11.7. The highest BCUT2D eigenvalue weighted by Gasteiger charge is 2.25. The molecule has 1 amide bonds. The van der Waals surface area contributed by atoms with Crippen LogP contribution in [-0.2, 0) is 4.79 Å². The second kappa shape index (κ2) is 6.53. The van der Waals surface area contributed by atoms with Gasteiger partial charge >= 0.3 is 0 Å². The molecule has 2 rings (SSSR count). The first kappa shape index (κ1) is 13.8. The third-order valence-corrected chi connectivity index (χ3v) is 4.15. The maximum Gasteiger partial charge on any atom is 0.224 e. The molecule has 0 aliphatic carbocycles. The van der Waals surface area contributed by atoms with Crippen LogP contribution in [0.3, 0.4) is 0 Å². The first-order valence-electron chi connectivity index (χ1n) is 7.41. The fourth-order valence-electron chi connectivity index (χ4n) is 2.98. The number of piperidine rings is 1. The van der Waals surface area contributed by atoms with Crippen LogP contribution in [0.15, 0.2) is 0 Å². The second-order valence-electron chi connectivity index (χ2n) is 6.00. The molecule has 2 saturated heterocycles. The van der Waals surface area contributed by atoms with E-state index in [0.717, 1.165) is 25.9 Å². The van der Waals surface area contributed by atoms with E-state index in [2.05, 4.69) is 29.4 Å². The van der Waals surface area contributed by atoms with Gasteiger partial charge in [0, 0.05) is 25.2 Å². The molecule has 0 aromatic heterocycles. The summed E-state index contributed by atoms with van der Waals surface area (Å²) in [7, 11) is 0. The van der Waals surface area contributed by atoms with Gasteiger partial charge in [-0.05, 0) is 52.6 Å². The third kappa shape index (κ3) is 3.95. The van der Waals surface area contributed by atoms with Gasteiger partial charge in [0.1, 0.15) is 0 Å². The van der Waals surface area contributed by atoms with Gasteiger partial charge in [0.2, 0.25) is 5.91 Å². The highest BCUT2D eigenvalue weighted by Crippen LogP contribution is 2.14. The Morgan fingerprint density at radius 1 is 1.39 bits per heavy atom. The third-order valence-electron chi connectivity index (χ3n) is 4.15. The SMILES string of the molecule is CC1CCC(C(=O)NC(C)CN2CCCC2)CN1.